The van der Waals surface area contributed by atoms with E-state index in [0.29, 0.717) is 6.54 Å². The number of nitrogens with zero attached hydrogens (tertiary/aromatic N) is 1. The van der Waals surface area contributed by atoms with Crippen LogP contribution in [-0.4, -0.2) is 9.55 Å². The topological polar surface area (TPSA) is 37.8 Å². The fourth-order valence-corrected chi connectivity index (χ4v) is 2.20. The van der Waals surface area contributed by atoms with Crippen molar-refractivity contribution >= 4 is 11.0 Å². The van der Waals surface area contributed by atoms with Crippen molar-refractivity contribution in [3.05, 3.63) is 58.0 Å². The standard InChI is InChI=1S/C17H22N2O/c1-4-5-8-13(2)14(3)11-12-19-16-10-7-6-9-15(16)18-17(19)20/h6-11H,4-5,12H2,1-3H3,(H,18,20)/b13-8+,14-11+. The van der Waals surface area contributed by atoms with Crippen molar-refractivity contribution in [1.29, 1.82) is 0 Å². The number of allylic oxidation sites excluding steroid dienone is 4. The van der Waals surface area contributed by atoms with Crippen LogP contribution in [0, 0.1) is 0 Å². The molecule has 0 radical (unpaired) electrons. The molecule has 0 spiro atoms. The highest BCUT2D eigenvalue weighted by Crippen LogP contribution is 2.12. The van der Waals surface area contributed by atoms with Gasteiger partial charge in [-0.15, -0.1) is 0 Å². The van der Waals surface area contributed by atoms with E-state index in [1.54, 1.807) is 4.57 Å². The van der Waals surface area contributed by atoms with Gasteiger partial charge in [-0.3, -0.25) is 4.57 Å². The van der Waals surface area contributed by atoms with Crippen molar-refractivity contribution in [3.63, 3.8) is 0 Å². The van der Waals surface area contributed by atoms with Crippen LogP contribution in [0.3, 0.4) is 0 Å². The number of para-hydroxylation sites is 2. The minimum Gasteiger partial charge on any atom is -0.306 e. The van der Waals surface area contributed by atoms with Crippen molar-refractivity contribution in [1.82, 2.24) is 9.55 Å². The van der Waals surface area contributed by atoms with Crippen molar-refractivity contribution in [2.45, 2.75) is 40.2 Å². The Hall–Kier alpha value is -2.03. The van der Waals surface area contributed by atoms with E-state index in [1.807, 2.05) is 24.3 Å². The van der Waals surface area contributed by atoms with E-state index in [2.05, 4.69) is 37.9 Å². The van der Waals surface area contributed by atoms with E-state index in [0.717, 1.165) is 23.9 Å². The zero-order valence-electron chi connectivity index (χ0n) is 12.4. The first-order valence-electron chi connectivity index (χ1n) is 7.15. The van der Waals surface area contributed by atoms with Gasteiger partial charge in [0.05, 0.1) is 11.0 Å². The number of hydrogen-bond acceptors (Lipinski definition) is 1. The monoisotopic (exact) mass is 270 g/mol. The van der Waals surface area contributed by atoms with Crippen LogP contribution in [0.1, 0.15) is 33.6 Å². The van der Waals surface area contributed by atoms with E-state index >= 15 is 0 Å². The van der Waals surface area contributed by atoms with Gasteiger partial charge < -0.3 is 4.98 Å². The number of H-pyrrole nitrogens is 1. The molecule has 106 valence electrons. The Morgan fingerprint density at radius 2 is 1.90 bits per heavy atom. The van der Waals surface area contributed by atoms with Crippen LogP contribution in [-0.2, 0) is 6.54 Å². The Morgan fingerprint density at radius 1 is 1.20 bits per heavy atom. The smallest absolute Gasteiger partial charge is 0.306 e. The molecule has 1 N–H and O–H groups in total. The molecule has 20 heavy (non-hydrogen) atoms. The lowest BCUT2D eigenvalue weighted by atomic mass is 10.1. The third-order valence-electron chi connectivity index (χ3n) is 3.62. The molecule has 0 fully saturated rings. The SMILES string of the molecule is CCC/C=C(C)/C(C)=C/Cn1c(=O)[nH]c2ccccc21. The maximum atomic E-state index is 12.0. The summed E-state index contributed by atoms with van der Waals surface area (Å²) in [6.07, 6.45) is 6.63. The molecule has 0 saturated carbocycles. The molecule has 0 aliphatic rings. The maximum Gasteiger partial charge on any atom is 0.326 e. The average Bonchev–Trinajstić information content (AvgIpc) is 2.77. The summed E-state index contributed by atoms with van der Waals surface area (Å²) in [6.45, 7) is 7.00. The quantitative estimate of drug-likeness (QED) is 0.819. The average molecular weight is 270 g/mol. The lowest BCUT2D eigenvalue weighted by Gasteiger charge is -2.03. The van der Waals surface area contributed by atoms with Gasteiger partial charge in [0, 0.05) is 6.54 Å². The van der Waals surface area contributed by atoms with E-state index in [-0.39, 0.29) is 5.69 Å². The number of nitrogens with one attached hydrogen (secondary N) is 1. The predicted octanol–water partition coefficient (Wildman–Crippen LogP) is 4.02. The van der Waals surface area contributed by atoms with E-state index in [4.69, 9.17) is 0 Å². The zero-order valence-corrected chi connectivity index (χ0v) is 12.4. The second kappa shape index (κ2) is 6.42. The van der Waals surface area contributed by atoms with Crippen molar-refractivity contribution in [3.8, 4) is 0 Å². The molecule has 1 heterocycles. The fourth-order valence-electron chi connectivity index (χ4n) is 2.20. The van der Waals surface area contributed by atoms with Crippen LogP contribution in [0.15, 0.2) is 52.4 Å². The van der Waals surface area contributed by atoms with E-state index in [1.165, 1.54) is 11.1 Å². The van der Waals surface area contributed by atoms with Gasteiger partial charge in [0.25, 0.3) is 0 Å². The third-order valence-corrected chi connectivity index (χ3v) is 3.62. The number of benzene rings is 1. The number of aromatic nitrogens is 2. The second-order valence-corrected chi connectivity index (χ2v) is 5.12. The molecule has 3 nitrogen and oxygen atoms in total. The van der Waals surface area contributed by atoms with Crippen LogP contribution >= 0.6 is 0 Å². The largest absolute Gasteiger partial charge is 0.326 e. The van der Waals surface area contributed by atoms with E-state index < -0.39 is 0 Å². The summed E-state index contributed by atoms with van der Waals surface area (Å²) < 4.78 is 1.77. The summed E-state index contributed by atoms with van der Waals surface area (Å²) in [6, 6.07) is 7.78. The summed E-state index contributed by atoms with van der Waals surface area (Å²) in [4.78, 5) is 14.8. The number of hydrogen-bond donors (Lipinski definition) is 1. The predicted molar refractivity (Wildman–Crippen MR) is 85.0 cm³/mol. The maximum absolute atomic E-state index is 12.0. The van der Waals surface area contributed by atoms with Gasteiger partial charge in [-0.2, -0.15) is 0 Å². The molecule has 0 atom stereocenters. The van der Waals surface area contributed by atoms with Crippen LogP contribution in [0.2, 0.25) is 0 Å². The van der Waals surface area contributed by atoms with Crippen molar-refractivity contribution in [2.24, 2.45) is 0 Å². The second-order valence-electron chi connectivity index (χ2n) is 5.12. The summed E-state index contributed by atoms with van der Waals surface area (Å²) in [7, 11) is 0. The molecular weight excluding hydrogens is 248 g/mol. The summed E-state index contributed by atoms with van der Waals surface area (Å²) in [5.74, 6) is 0. The molecule has 3 heteroatoms. The highest BCUT2D eigenvalue weighted by molar-refractivity contribution is 5.74. The molecule has 1 aromatic carbocycles. The van der Waals surface area contributed by atoms with Gasteiger partial charge >= 0.3 is 5.69 Å². The molecule has 2 aromatic rings. The van der Waals surface area contributed by atoms with Gasteiger partial charge in [-0.25, -0.2) is 4.79 Å². The van der Waals surface area contributed by atoms with Crippen LogP contribution < -0.4 is 5.69 Å². The number of imidazole rings is 1. The van der Waals surface area contributed by atoms with Crippen LogP contribution in [0.4, 0.5) is 0 Å². The Balaban J connectivity index is 2.25. The first kappa shape index (κ1) is 14.4. The summed E-state index contributed by atoms with van der Waals surface area (Å²) in [5.41, 5.74) is 4.32. The number of rotatable bonds is 5. The van der Waals surface area contributed by atoms with Crippen molar-refractivity contribution in [2.75, 3.05) is 0 Å². The Bertz CT molecular complexity index is 701. The van der Waals surface area contributed by atoms with Gasteiger partial charge in [0.15, 0.2) is 0 Å². The minimum absolute atomic E-state index is 0.0505. The number of unbranched alkanes of at least 4 members (excludes halogenated alkanes) is 1. The molecule has 0 unspecified atom stereocenters. The Labute approximate surface area is 119 Å². The van der Waals surface area contributed by atoms with E-state index in [9.17, 15) is 4.79 Å². The summed E-state index contributed by atoms with van der Waals surface area (Å²) in [5, 5.41) is 0. The van der Waals surface area contributed by atoms with Gasteiger partial charge in [0.2, 0.25) is 0 Å². The molecule has 2 rings (SSSR count). The first-order valence-corrected chi connectivity index (χ1v) is 7.15. The molecule has 0 saturated heterocycles. The number of fused-ring (bicyclic) bond motifs is 1. The minimum atomic E-state index is -0.0505. The first-order chi connectivity index (χ1) is 9.63. The lowest BCUT2D eigenvalue weighted by Crippen LogP contribution is -2.15. The number of aromatic amines is 1. The molecule has 1 aromatic heterocycles. The lowest BCUT2D eigenvalue weighted by molar-refractivity contribution is 0.803. The third kappa shape index (κ3) is 3.10. The van der Waals surface area contributed by atoms with Gasteiger partial charge in [-0.05, 0) is 32.4 Å². The normalized spacial score (nSPS) is 13.2. The highest BCUT2D eigenvalue weighted by Gasteiger charge is 2.04. The van der Waals surface area contributed by atoms with Gasteiger partial charge in [-0.1, -0.05) is 48.8 Å². The molecular formula is C17H22N2O. The zero-order chi connectivity index (χ0) is 14.5. The highest BCUT2D eigenvalue weighted by atomic mass is 16.1. The Morgan fingerprint density at radius 3 is 2.65 bits per heavy atom. The van der Waals surface area contributed by atoms with Gasteiger partial charge in [0.1, 0.15) is 0 Å². The fraction of sp³-hybridized carbons (Fsp3) is 0.353. The molecule has 0 aliphatic heterocycles. The Kier molecular flexibility index (Phi) is 4.61. The summed E-state index contributed by atoms with van der Waals surface area (Å²) >= 11 is 0. The molecule has 0 amide bonds. The van der Waals surface area contributed by atoms with Crippen LogP contribution in [0.5, 0.6) is 0 Å². The van der Waals surface area contributed by atoms with Crippen molar-refractivity contribution < 1.29 is 0 Å². The van der Waals surface area contributed by atoms with Crippen LogP contribution in [0.25, 0.3) is 11.0 Å². The molecule has 0 bridgehead atoms. The molecule has 0 aliphatic carbocycles.